The maximum atomic E-state index is 5.29. The van der Waals surface area contributed by atoms with Gasteiger partial charge in [-0.15, -0.1) is 12.8 Å². The lowest BCUT2D eigenvalue weighted by Crippen LogP contribution is -1.80. The molecule has 0 N–H and O–H groups in total. The highest BCUT2D eigenvalue weighted by molar-refractivity contribution is 8.08. The maximum Gasteiger partial charge on any atom is 0.0411 e. The lowest BCUT2D eigenvalue weighted by atomic mass is 10.1. The van der Waals surface area contributed by atoms with Crippen LogP contribution in [0.1, 0.15) is 11.1 Å². The Kier molecular flexibility index (Phi) is 3.59. The molecule has 1 aromatic carbocycles. The number of hydrogen-bond donors (Lipinski definition) is 0. The summed E-state index contributed by atoms with van der Waals surface area (Å²) >= 11 is 1.12. The standard InChI is InChI=1S/C12H6S/c1-3-11-7-5-6-8-12(11)9-10-13-4-2/h1-2,5-8H. The molecule has 0 amide bonds. The van der Waals surface area contributed by atoms with Gasteiger partial charge < -0.3 is 0 Å². The second kappa shape index (κ2) is 5.00. The zero-order valence-electron chi connectivity index (χ0n) is 6.87. The van der Waals surface area contributed by atoms with E-state index in [4.69, 9.17) is 12.8 Å². The van der Waals surface area contributed by atoms with E-state index in [0.29, 0.717) is 0 Å². The van der Waals surface area contributed by atoms with Crippen molar-refractivity contribution in [3.63, 3.8) is 0 Å². The summed E-state index contributed by atoms with van der Waals surface area (Å²) in [5.74, 6) is 5.45. The lowest BCUT2D eigenvalue weighted by Gasteiger charge is -1.92. The molecule has 0 aliphatic heterocycles. The molecule has 1 aromatic rings. The van der Waals surface area contributed by atoms with Crippen LogP contribution in [-0.2, 0) is 0 Å². The second-order valence-corrected chi connectivity index (χ2v) is 2.78. The number of thioether (sulfide) groups is 1. The molecule has 0 fully saturated rings. The van der Waals surface area contributed by atoms with Crippen LogP contribution >= 0.6 is 11.8 Å². The first-order valence-corrected chi connectivity index (χ1v) is 4.38. The first-order valence-electron chi connectivity index (χ1n) is 3.56. The van der Waals surface area contributed by atoms with Crippen LogP contribution < -0.4 is 0 Å². The van der Waals surface area contributed by atoms with Crippen LogP contribution in [0.15, 0.2) is 24.3 Å². The van der Waals surface area contributed by atoms with E-state index in [1.54, 1.807) is 0 Å². The fraction of sp³-hybridized carbons (Fsp3) is 0. The molecule has 0 aliphatic rings. The molecule has 60 valence electrons. The third kappa shape index (κ3) is 2.64. The van der Waals surface area contributed by atoms with E-state index in [2.05, 4.69) is 22.3 Å². The largest absolute Gasteiger partial charge is 0.115 e. The first kappa shape index (κ1) is 9.34. The Morgan fingerprint density at radius 1 is 1.08 bits per heavy atom. The van der Waals surface area contributed by atoms with E-state index in [9.17, 15) is 0 Å². The van der Waals surface area contributed by atoms with Crippen molar-refractivity contribution in [2.45, 2.75) is 0 Å². The maximum absolute atomic E-state index is 5.29. The summed E-state index contributed by atoms with van der Waals surface area (Å²) in [6, 6.07) is 7.50. The van der Waals surface area contributed by atoms with Crippen molar-refractivity contribution in [2.24, 2.45) is 0 Å². The van der Waals surface area contributed by atoms with Gasteiger partial charge in [-0.05, 0) is 22.6 Å². The summed E-state index contributed by atoms with van der Waals surface area (Å²) in [5.41, 5.74) is 1.64. The molecular formula is C12H6S. The zero-order valence-corrected chi connectivity index (χ0v) is 7.69. The molecule has 0 atom stereocenters. The van der Waals surface area contributed by atoms with E-state index >= 15 is 0 Å². The molecule has 0 saturated heterocycles. The minimum absolute atomic E-state index is 0.799. The van der Waals surface area contributed by atoms with Crippen molar-refractivity contribution < 1.29 is 0 Å². The molecule has 13 heavy (non-hydrogen) atoms. The smallest absolute Gasteiger partial charge is 0.0411 e. The highest BCUT2D eigenvalue weighted by Crippen LogP contribution is 2.05. The molecule has 0 heterocycles. The Balaban J connectivity index is 2.99. The monoisotopic (exact) mass is 182 g/mol. The topological polar surface area (TPSA) is 0 Å². The fourth-order valence-electron chi connectivity index (χ4n) is 0.828. The summed E-state index contributed by atoms with van der Waals surface area (Å²) in [6.07, 6.45) is 10.3. The molecule has 1 heteroatoms. The fourth-order valence-corrected chi connectivity index (χ4v) is 1.05. The summed E-state index contributed by atoms with van der Waals surface area (Å²) < 4.78 is 0. The minimum atomic E-state index is 0.799. The van der Waals surface area contributed by atoms with Gasteiger partial charge in [0, 0.05) is 22.9 Å². The van der Waals surface area contributed by atoms with E-state index in [1.165, 1.54) is 0 Å². The summed E-state index contributed by atoms with van der Waals surface area (Å²) in [6.45, 7) is 0. The molecule has 0 unspecified atom stereocenters. The average molecular weight is 182 g/mol. The third-order valence-electron chi connectivity index (χ3n) is 1.38. The van der Waals surface area contributed by atoms with Crippen LogP contribution in [0.5, 0.6) is 0 Å². The van der Waals surface area contributed by atoms with E-state index in [-0.39, 0.29) is 0 Å². The van der Waals surface area contributed by atoms with Gasteiger partial charge in [0.1, 0.15) is 0 Å². The first-order chi connectivity index (χ1) is 6.38. The van der Waals surface area contributed by atoms with Crippen LogP contribution in [0.2, 0.25) is 0 Å². The third-order valence-corrected chi connectivity index (χ3v) is 1.70. The molecular weight excluding hydrogens is 176 g/mol. The van der Waals surface area contributed by atoms with Crippen LogP contribution in [-0.4, -0.2) is 0 Å². The molecule has 0 aliphatic carbocycles. The molecule has 1 rings (SSSR count). The van der Waals surface area contributed by atoms with Gasteiger partial charge in [0.05, 0.1) is 0 Å². The predicted octanol–water partition coefficient (Wildman–Crippen LogP) is 2.30. The van der Waals surface area contributed by atoms with Crippen molar-refractivity contribution in [3.8, 4) is 35.2 Å². The quantitative estimate of drug-likeness (QED) is 0.555. The summed E-state index contributed by atoms with van der Waals surface area (Å²) in [7, 11) is 0. The number of rotatable bonds is 0. The number of terminal acetylenes is 2. The Hall–Kier alpha value is -1.75. The van der Waals surface area contributed by atoms with Crippen LogP contribution in [0, 0.1) is 35.2 Å². The van der Waals surface area contributed by atoms with Gasteiger partial charge in [-0.2, -0.15) is 0 Å². The molecule has 0 spiro atoms. The average Bonchev–Trinajstić information content (AvgIpc) is 2.19. The molecule has 0 radical (unpaired) electrons. The van der Waals surface area contributed by atoms with Gasteiger partial charge >= 0.3 is 0 Å². The van der Waals surface area contributed by atoms with Crippen molar-refractivity contribution in [1.29, 1.82) is 0 Å². The SMILES string of the molecule is C#CSC#Cc1ccccc1C#C. The Morgan fingerprint density at radius 3 is 2.38 bits per heavy atom. The van der Waals surface area contributed by atoms with Gasteiger partial charge in [-0.3, -0.25) is 0 Å². The zero-order chi connectivity index (χ0) is 9.52. The molecule has 0 bridgehead atoms. The highest BCUT2D eigenvalue weighted by atomic mass is 32.2. The Bertz CT molecular complexity index is 433. The van der Waals surface area contributed by atoms with Crippen molar-refractivity contribution >= 4 is 11.8 Å². The molecule has 0 saturated carbocycles. The van der Waals surface area contributed by atoms with E-state index in [0.717, 1.165) is 22.9 Å². The van der Waals surface area contributed by atoms with Crippen LogP contribution in [0.4, 0.5) is 0 Å². The van der Waals surface area contributed by atoms with Crippen molar-refractivity contribution in [2.75, 3.05) is 0 Å². The minimum Gasteiger partial charge on any atom is -0.115 e. The van der Waals surface area contributed by atoms with E-state index < -0.39 is 0 Å². The van der Waals surface area contributed by atoms with Gasteiger partial charge in [-0.25, -0.2) is 0 Å². The molecule has 0 aromatic heterocycles. The van der Waals surface area contributed by atoms with Crippen molar-refractivity contribution in [1.82, 2.24) is 0 Å². The summed E-state index contributed by atoms with van der Waals surface area (Å²) in [5, 5.41) is 5.13. The Morgan fingerprint density at radius 2 is 1.77 bits per heavy atom. The van der Waals surface area contributed by atoms with Gasteiger partial charge in [0.2, 0.25) is 0 Å². The summed E-state index contributed by atoms with van der Waals surface area (Å²) in [4.78, 5) is 0. The molecule has 0 nitrogen and oxygen atoms in total. The van der Waals surface area contributed by atoms with Gasteiger partial charge in [-0.1, -0.05) is 24.0 Å². The van der Waals surface area contributed by atoms with Gasteiger partial charge in [0.15, 0.2) is 0 Å². The normalized spacial score (nSPS) is 7.54. The number of hydrogen-bond acceptors (Lipinski definition) is 1. The van der Waals surface area contributed by atoms with Crippen molar-refractivity contribution in [3.05, 3.63) is 35.4 Å². The lowest BCUT2D eigenvalue weighted by molar-refractivity contribution is 1.59. The Labute approximate surface area is 82.7 Å². The second-order valence-electron chi connectivity index (χ2n) is 2.14. The van der Waals surface area contributed by atoms with Crippen LogP contribution in [0.3, 0.4) is 0 Å². The van der Waals surface area contributed by atoms with E-state index in [1.807, 2.05) is 24.3 Å². The number of benzene rings is 1. The van der Waals surface area contributed by atoms with Gasteiger partial charge in [0.25, 0.3) is 0 Å². The predicted molar refractivity (Wildman–Crippen MR) is 57.7 cm³/mol. The van der Waals surface area contributed by atoms with Crippen LogP contribution in [0.25, 0.3) is 0 Å². The highest BCUT2D eigenvalue weighted by Gasteiger charge is 1.92.